The van der Waals surface area contributed by atoms with Crippen LogP contribution in [-0.4, -0.2) is 0 Å². The number of rotatable bonds is 9. The van der Waals surface area contributed by atoms with Crippen LogP contribution in [0.15, 0.2) is 188 Å². The number of nitrogens with zero attached hydrogens (tertiary/aromatic N) is 3. The molecule has 0 fully saturated rings. The molecule has 11 rings (SSSR count). The van der Waals surface area contributed by atoms with E-state index >= 15 is 0 Å². The second-order valence-corrected chi connectivity index (χ2v) is 20.8. The van der Waals surface area contributed by atoms with Gasteiger partial charge in [-0.05, 0) is 150 Å². The molecule has 0 aliphatic carbocycles. The van der Waals surface area contributed by atoms with Crippen molar-refractivity contribution in [2.75, 3.05) is 9.80 Å². The average Bonchev–Trinajstić information content (AvgIpc) is 3.50. The smallest absolute Gasteiger partial charge is 0.220 e. The Morgan fingerprint density at radius 3 is 1.45 bits per heavy atom. The van der Waals surface area contributed by atoms with Gasteiger partial charge in [0.2, 0.25) is 5.69 Å². The Bertz CT molecular complexity index is 3050. The monoisotopic (exact) mass is 890 g/mol. The lowest BCUT2D eigenvalue weighted by Crippen LogP contribution is -2.37. The first-order chi connectivity index (χ1) is 32.7. The molecular weight excluding hydrogens is 834 g/mol. The van der Waals surface area contributed by atoms with Crippen LogP contribution >= 0.6 is 7.92 Å². The number of ether oxygens (including phenoxy) is 1. The zero-order chi connectivity index (χ0) is 45.8. The molecule has 0 N–H and O–H groups in total. The Morgan fingerprint density at radius 2 is 0.970 bits per heavy atom. The highest BCUT2D eigenvalue weighted by Crippen LogP contribution is 2.51. The van der Waals surface area contributed by atoms with Gasteiger partial charge in [0.05, 0.1) is 10.9 Å². The molecule has 0 radical (unpaired) electrons. The first-order valence-corrected chi connectivity index (χ1v) is 25.2. The topological polar surface area (TPSA) is 19.6 Å². The van der Waals surface area contributed by atoms with Crippen LogP contribution in [0.5, 0.6) is 11.5 Å². The Morgan fingerprint density at radius 1 is 0.507 bits per heavy atom. The number of hydrogen-bond donors (Lipinski definition) is 0. The molecule has 0 bridgehead atoms. The predicted molar refractivity (Wildman–Crippen MR) is 284 cm³/mol. The maximum Gasteiger partial charge on any atom is 0.220 e. The first kappa shape index (κ1) is 42.6. The summed E-state index contributed by atoms with van der Waals surface area (Å²) in [6.07, 6.45) is 5.63. The molecule has 8 aromatic carbocycles. The molecule has 2 aliphatic heterocycles. The fourth-order valence-electron chi connectivity index (χ4n) is 10.5. The standard InChI is InChI=1S/C62H57N3OP/c1-7-62(8-2)36-38-63-37-35-46-11-9-10-12-54(46)61(63)55-41-53(31-32-56(55)62)67-59-33-29-51(64(47-21-13-42(3)14-22-47)48-23-15-43(4)16-24-48)39-57(59)66-58-40-52(30-34-60(58)67)65(49-25-17-44(5)18-26-49)50-27-19-45(6)20-28-50/h9-35,37,39-41H,7-8,36,38H2,1-6H3/q+1. The molecule has 3 heterocycles. The Labute approximate surface area is 397 Å². The van der Waals surface area contributed by atoms with Crippen molar-refractivity contribution in [1.29, 1.82) is 0 Å². The summed E-state index contributed by atoms with van der Waals surface area (Å²) in [5, 5.41) is 6.34. The molecule has 67 heavy (non-hydrogen) atoms. The minimum atomic E-state index is -1.06. The summed E-state index contributed by atoms with van der Waals surface area (Å²) >= 11 is 0. The number of aryl methyl sites for hydroxylation is 5. The van der Waals surface area contributed by atoms with E-state index in [0.717, 1.165) is 71.4 Å². The molecule has 5 heteroatoms. The van der Waals surface area contributed by atoms with Crippen LogP contribution in [0.2, 0.25) is 0 Å². The van der Waals surface area contributed by atoms with Crippen LogP contribution in [0.1, 0.15) is 60.9 Å². The van der Waals surface area contributed by atoms with Gasteiger partial charge in [-0.25, -0.2) is 0 Å². The summed E-state index contributed by atoms with van der Waals surface area (Å²) in [6.45, 7) is 14.3. The van der Waals surface area contributed by atoms with E-state index in [1.165, 1.54) is 65.8 Å². The number of pyridine rings is 1. The van der Waals surface area contributed by atoms with Crippen LogP contribution in [0.3, 0.4) is 0 Å². The lowest BCUT2D eigenvalue weighted by atomic mass is 9.72. The summed E-state index contributed by atoms with van der Waals surface area (Å²) in [7, 11) is -1.06. The summed E-state index contributed by atoms with van der Waals surface area (Å²) in [5.41, 5.74) is 15.7. The first-order valence-electron chi connectivity index (χ1n) is 23.9. The molecule has 0 saturated carbocycles. The Balaban J connectivity index is 1.13. The zero-order valence-electron chi connectivity index (χ0n) is 39.4. The average molecular weight is 891 g/mol. The second-order valence-electron chi connectivity index (χ2n) is 18.7. The van der Waals surface area contributed by atoms with Crippen molar-refractivity contribution in [1.82, 2.24) is 0 Å². The van der Waals surface area contributed by atoms with Gasteiger partial charge in [-0.3, -0.25) is 0 Å². The lowest BCUT2D eigenvalue weighted by Gasteiger charge is -2.34. The molecule has 4 nitrogen and oxygen atoms in total. The van der Waals surface area contributed by atoms with E-state index in [4.69, 9.17) is 4.74 Å². The van der Waals surface area contributed by atoms with Gasteiger partial charge in [-0.15, -0.1) is 0 Å². The van der Waals surface area contributed by atoms with Crippen LogP contribution < -0.4 is 35.0 Å². The number of aromatic nitrogens is 1. The van der Waals surface area contributed by atoms with E-state index in [1.54, 1.807) is 0 Å². The predicted octanol–water partition coefficient (Wildman–Crippen LogP) is 15.3. The molecule has 9 aromatic rings. The van der Waals surface area contributed by atoms with Crippen LogP contribution in [0.4, 0.5) is 34.1 Å². The molecule has 0 amide bonds. The summed E-state index contributed by atoms with van der Waals surface area (Å²) in [6, 6.07) is 67.9. The minimum absolute atomic E-state index is 0.0777. The van der Waals surface area contributed by atoms with Gasteiger partial charge in [0, 0.05) is 74.8 Å². The van der Waals surface area contributed by atoms with Gasteiger partial charge in [0.25, 0.3) is 0 Å². The molecule has 0 spiro atoms. The van der Waals surface area contributed by atoms with Crippen molar-refractivity contribution in [3.63, 3.8) is 0 Å². The normalized spacial score (nSPS) is 13.7. The Hall–Kier alpha value is -7.00. The molecule has 0 unspecified atom stereocenters. The van der Waals surface area contributed by atoms with E-state index in [2.05, 4.69) is 244 Å². The molecule has 1 aromatic heterocycles. The highest BCUT2D eigenvalue weighted by Gasteiger charge is 2.39. The van der Waals surface area contributed by atoms with Crippen LogP contribution in [-0.2, 0) is 12.0 Å². The number of fused-ring (bicyclic) bond motifs is 7. The van der Waals surface area contributed by atoms with Crippen molar-refractivity contribution in [2.45, 2.75) is 72.8 Å². The van der Waals surface area contributed by atoms with Crippen molar-refractivity contribution in [3.05, 3.63) is 216 Å². The fourth-order valence-corrected chi connectivity index (χ4v) is 12.9. The van der Waals surface area contributed by atoms with Gasteiger partial charge >= 0.3 is 0 Å². The Kier molecular flexibility index (Phi) is 11.0. The van der Waals surface area contributed by atoms with Gasteiger partial charge < -0.3 is 14.5 Å². The van der Waals surface area contributed by atoms with Gasteiger partial charge in [0.1, 0.15) is 18.0 Å². The van der Waals surface area contributed by atoms with E-state index in [1.807, 2.05) is 0 Å². The summed E-state index contributed by atoms with van der Waals surface area (Å²) in [4.78, 5) is 4.70. The second kappa shape index (κ2) is 17.3. The van der Waals surface area contributed by atoms with E-state index in [-0.39, 0.29) is 5.41 Å². The molecule has 2 aliphatic rings. The maximum atomic E-state index is 7.30. The van der Waals surface area contributed by atoms with Crippen molar-refractivity contribution in [2.24, 2.45) is 0 Å². The van der Waals surface area contributed by atoms with Gasteiger partial charge in [-0.2, -0.15) is 4.57 Å². The number of anilines is 6. The molecular formula is C62H57N3OP+. The minimum Gasteiger partial charge on any atom is -0.456 e. The van der Waals surface area contributed by atoms with E-state index in [0.29, 0.717) is 0 Å². The van der Waals surface area contributed by atoms with Gasteiger partial charge in [0.15, 0.2) is 6.20 Å². The third kappa shape index (κ3) is 7.68. The quantitative estimate of drug-likeness (QED) is 0.106. The fraction of sp³-hybridized carbons (Fsp3) is 0.177. The highest BCUT2D eigenvalue weighted by atomic mass is 31.1. The molecule has 0 atom stereocenters. The van der Waals surface area contributed by atoms with E-state index in [9.17, 15) is 0 Å². The summed E-state index contributed by atoms with van der Waals surface area (Å²) in [5.74, 6) is 1.78. The molecule has 0 saturated heterocycles. The number of hydrogen-bond acceptors (Lipinski definition) is 3. The number of benzene rings is 8. The summed E-state index contributed by atoms with van der Waals surface area (Å²) < 4.78 is 9.84. The lowest BCUT2D eigenvalue weighted by molar-refractivity contribution is -0.685. The van der Waals surface area contributed by atoms with Crippen molar-refractivity contribution >= 4 is 68.7 Å². The van der Waals surface area contributed by atoms with Gasteiger partial charge in [-0.1, -0.05) is 115 Å². The maximum absolute atomic E-state index is 7.30. The van der Waals surface area contributed by atoms with Crippen LogP contribution in [0.25, 0.3) is 22.0 Å². The van der Waals surface area contributed by atoms with Crippen molar-refractivity contribution < 1.29 is 9.30 Å². The molecule has 330 valence electrons. The third-order valence-corrected chi connectivity index (χ3v) is 17.0. The SMILES string of the molecule is CCC1(CC)CC[n+]2ccc3ccccc3c2-c2cc(P3c4ccc(N(c5ccc(C)cc5)c5ccc(C)cc5)cc4Oc4cc(N(c5ccc(C)cc5)c5ccc(C)cc5)ccc43)ccc21. The largest absolute Gasteiger partial charge is 0.456 e. The van der Waals surface area contributed by atoms with Crippen LogP contribution in [0, 0.1) is 27.7 Å². The zero-order valence-corrected chi connectivity index (χ0v) is 40.3. The third-order valence-electron chi connectivity index (χ3n) is 14.5. The van der Waals surface area contributed by atoms with Crippen molar-refractivity contribution in [3.8, 4) is 22.8 Å². The van der Waals surface area contributed by atoms with E-state index < -0.39 is 7.92 Å². The highest BCUT2D eigenvalue weighted by molar-refractivity contribution is 7.80.